The van der Waals surface area contributed by atoms with Crippen LogP contribution >= 0.6 is 0 Å². The summed E-state index contributed by atoms with van der Waals surface area (Å²) >= 11 is 0. The Morgan fingerprint density at radius 3 is 1.36 bits per heavy atom. The first-order valence-electron chi connectivity index (χ1n) is 7.04. The summed E-state index contributed by atoms with van der Waals surface area (Å²) in [7, 11) is 1.34. The van der Waals surface area contributed by atoms with E-state index in [9.17, 15) is 19.2 Å². The molecule has 0 aliphatic carbocycles. The van der Waals surface area contributed by atoms with Gasteiger partial charge in [0, 0.05) is 25.3 Å². The molecule has 0 saturated heterocycles. The van der Waals surface area contributed by atoms with Crippen LogP contribution < -0.4 is 5.32 Å². The number of esters is 3. The van der Waals surface area contributed by atoms with Crippen LogP contribution in [0, 0.1) is 5.41 Å². The molecule has 0 atom stereocenters. The Bertz CT molecular complexity index is 480. The number of hydrogen-bond acceptors (Lipinski definition) is 8. The summed E-state index contributed by atoms with van der Waals surface area (Å²) in [6.07, 6.45) is 2.01. The van der Waals surface area contributed by atoms with Crippen molar-refractivity contribution in [1.29, 1.82) is 0 Å². The zero-order valence-electron chi connectivity index (χ0n) is 13.9. The van der Waals surface area contributed by atoms with Gasteiger partial charge in [-0.25, -0.2) is 19.2 Å². The summed E-state index contributed by atoms with van der Waals surface area (Å²) in [5, 5.41) is 2.23. The zero-order chi connectivity index (χ0) is 19.3. The van der Waals surface area contributed by atoms with Crippen molar-refractivity contribution in [1.82, 2.24) is 5.32 Å². The highest BCUT2D eigenvalue weighted by molar-refractivity contribution is 5.82. The van der Waals surface area contributed by atoms with Crippen LogP contribution in [0.3, 0.4) is 0 Å². The first kappa shape index (κ1) is 21.9. The van der Waals surface area contributed by atoms with Crippen LogP contribution in [0.15, 0.2) is 38.0 Å². The Hall–Kier alpha value is -3.10. The maximum Gasteiger partial charge on any atom is 0.406 e. The van der Waals surface area contributed by atoms with E-state index in [2.05, 4.69) is 25.1 Å². The summed E-state index contributed by atoms with van der Waals surface area (Å²) in [6, 6.07) is 0. The molecule has 25 heavy (non-hydrogen) atoms. The topological polar surface area (TPSA) is 117 Å². The molecule has 0 heterocycles. The average molecular weight is 355 g/mol. The molecule has 0 aliphatic heterocycles. The molecule has 0 unspecified atom stereocenters. The molecule has 1 N–H and O–H groups in total. The molecule has 9 nitrogen and oxygen atoms in total. The number of hydrogen-bond donors (Lipinski definition) is 1. The predicted molar refractivity (Wildman–Crippen MR) is 86.3 cm³/mol. The minimum absolute atomic E-state index is 0.369. The molecule has 0 aromatic carbocycles. The summed E-state index contributed by atoms with van der Waals surface area (Å²) < 4.78 is 19.8. The smallest absolute Gasteiger partial charge is 0.406 e. The largest absolute Gasteiger partial charge is 0.462 e. The van der Waals surface area contributed by atoms with E-state index in [4.69, 9.17) is 18.9 Å². The first-order valence-corrected chi connectivity index (χ1v) is 7.04. The second-order valence-electron chi connectivity index (χ2n) is 4.76. The van der Waals surface area contributed by atoms with E-state index < -0.39 is 29.4 Å². The normalized spacial score (nSPS) is 9.96. The summed E-state index contributed by atoms with van der Waals surface area (Å²) in [6.45, 7) is 8.29. The minimum Gasteiger partial charge on any atom is -0.462 e. The zero-order valence-corrected chi connectivity index (χ0v) is 13.9. The first-order chi connectivity index (χ1) is 11.8. The third-order valence-electron chi connectivity index (χ3n) is 2.78. The number of rotatable bonds is 11. The van der Waals surface area contributed by atoms with Gasteiger partial charge in [-0.3, -0.25) is 0 Å². The standard InChI is InChI=1S/C16H21NO8/c1-5-12(18)22-8-16(9-23-13(19)6-2,10-24-14(20)7-3)11-25-15(21)17-4/h5-7H,1-3,8-11H2,4H3,(H,17,21). The SMILES string of the molecule is C=CC(=O)OCC(COC(=O)C=C)(COC(=O)C=C)COC(=O)NC. The molecule has 0 radical (unpaired) electrons. The second kappa shape index (κ2) is 11.4. The highest BCUT2D eigenvalue weighted by atomic mass is 16.6. The van der Waals surface area contributed by atoms with E-state index in [0.29, 0.717) is 0 Å². The van der Waals surface area contributed by atoms with Crippen molar-refractivity contribution >= 4 is 24.0 Å². The van der Waals surface area contributed by atoms with Crippen LogP contribution in [0.2, 0.25) is 0 Å². The van der Waals surface area contributed by atoms with E-state index >= 15 is 0 Å². The molecule has 0 aliphatic rings. The van der Waals surface area contributed by atoms with Crippen molar-refractivity contribution in [3.05, 3.63) is 38.0 Å². The van der Waals surface area contributed by atoms with E-state index in [-0.39, 0.29) is 26.4 Å². The number of amides is 1. The van der Waals surface area contributed by atoms with Gasteiger partial charge in [0.2, 0.25) is 0 Å². The predicted octanol–water partition coefficient (Wildman–Crippen LogP) is 0.516. The van der Waals surface area contributed by atoms with Crippen LogP contribution in [0.1, 0.15) is 0 Å². The van der Waals surface area contributed by atoms with Crippen LogP contribution in [0.4, 0.5) is 4.79 Å². The second-order valence-corrected chi connectivity index (χ2v) is 4.76. The van der Waals surface area contributed by atoms with Gasteiger partial charge in [-0.2, -0.15) is 0 Å². The maximum absolute atomic E-state index is 11.3. The molecule has 0 aromatic rings. The summed E-state index contributed by atoms with van der Waals surface area (Å²) in [5.41, 5.74) is -1.33. The fourth-order valence-electron chi connectivity index (χ4n) is 1.39. The van der Waals surface area contributed by atoms with E-state index in [1.54, 1.807) is 0 Å². The molecular formula is C16H21NO8. The molecule has 0 spiro atoms. The van der Waals surface area contributed by atoms with Crippen molar-refractivity contribution < 1.29 is 38.1 Å². The lowest BCUT2D eigenvalue weighted by Gasteiger charge is -2.31. The average Bonchev–Trinajstić information content (AvgIpc) is 2.65. The number of carbonyl (C=O) groups excluding carboxylic acids is 4. The molecule has 0 aromatic heterocycles. The fourth-order valence-corrected chi connectivity index (χ4v) is 1.39. The van der Waals surface area contributed by atoms with Crippen molar-refractivity contribution in [2.75, 3.05) is 33.5 Å². The lowest BCUT2D eigenvalue weighted by Crippen LogP contribution is -2.44. The Morgan fingerprint density at radius 1 is 0.760 bits per heavy atom. The number of alkyl carbamates (subject to hydrolysis) is 1. The van der Waals surface area contributed by atoms with E-state index in [1.165, 1.54) is 7.05 Å². The molecule has 138 valence electrons. The molecule has 1 amide bonds. The van der Waals surface area contributed by atoms with Gasteiger partial charge in [-0.05, 0) is 0 Å². The van der Waals surface area contributed by atoms with Gasteiger partial charge in [0.25, 0.3) is 0 Å². The van der Waals surface area contributed by atoms with Gasteiger partial charge in [-0.15, -0.1) is 0 Å². The highest BCUT2D eigenvalue weighted by Crippen LogP contribution is 2.21. The number of nitrogens with one attached hydrogen (secondary N) is 1. The van der Waals surface area contributed by atoms with Gasteiger partial charge in [0.05, 0.1) is 0 Å². The lowest BCUT2D eigenvalue weighted by atomic mass is 9.92. The van der Waals surface area contributed by atoms with Gasteiger partial charge in [-0.1, -0.05) is 19.7 Å². The minimum atomic E-state index is -1.33. The molecule has 0 fully saturated rings. The van der Waals surface area contributed by atoms with Gasteiger partial charge >= 0.3 is 24.0 Å². The molecule has 0 bridgehead atoms. The molecule has 0 saturated carbocycles. The molecule has 0 rings (SSSR count). The van der Waals surface area contributed by atoms with Crippen molar-refractivity contribution in [2.24, 2.45) is 5.41 Å². The van der Waals surface area contributed by atoms with Crippen molar-refractivity contribution in [3.63, 3.8) is 0 Å². The van der Waals surface area contributed by atoms with Gasteiger partial charge in [0.15, 0.2) is 0 Å². The summed E-state index contributed by atoms with van der Waals surface area (Å²) in [5.74, 6) is -2.27. The van der Waals surface area contributed by atoms with Crippen LogP contribution in [-0.2, 0) is 33.3 Å². The molecular weight excluding hydrogens is 334 g/mol. The van der Waals surface area contributed by atoms with Gasteiger partial charge in [0.1, 0.15) is 31.8 Å². The number of carbonyl (C=O) groups is 4. The third-order valence-corrected chi connectivity index (χ3v) is 2.78. The highest BCUT2D eigenvalue weighted by Gasteiger charge is 2.37. The third kappa shape index (κ3) is 8.94. The monoisotopic (exact) mass is 355 g/mol. The Kier molecular flexibility index (Phi) is 10.0. The van der Waals surface area contributed by atoms with Crippen molar-refractivity contribution in [2.45, 2.75) is 0 Å². The summed E-state index contributed by atoms with van der Waals surface area (Å²) in [4.78, 5) is 45.3. The Balaban J connectivity index is 5.33. The van der Waals surface area contributed by atoms with Crippen LogP contribution in [-0.4, -0.2) is 57.5 Å². The van der Waals surface area contributed by atoms with E-state index in [0.717, 1.165) is 18.2 Å². The lowest BCUT2D eigenvalue weighted by molar-refractivity contribution is -0.159. The Morgan fingerprint density at radius 2 is 1.08 bits per heavy atom. The van der Waals surface area contributed by atoms with Crippen LogP contribution in [0.5, 0.6) is 0 Å². The van der Waals surface area contributed by atoms with Gasteiger partial charge < -0.3 is 24.3 Å². The van der Waals surface area contributed by atoms with E-state index in [1.807, 2.05) is 0 Å². The maximum atomic E-state index is 11.3. The Labute approximate surface area is 145 Å². The quantitative estimate of drug-likeness (QED) is 0.324. The molecule has 9 heteroatoms. The fraction of sp³-hybridized carbons (Fsp3) is 0.375. The number of ether oxygens (including phenoxy) is 4. The van der Waals surface area contributed by atoms with Crippen molar-refractivity contribution in [3.8, 4) is 0 Å². The van der Waals surface area contributed by atoms with Crippen LogP contribution in [0.25, 0.3) is 0 Å².